The molecule has 12 heavy (non-hydrogen) atoms. The van der Waals surface area contributed by atoms with Gasteiger partial charge in [0.25, 0.3) is 0 Å². The Morgan fingerprint density at radius 2 is 2.67 bits per heavy atom. The Balaban J connectivity index is 2.59. The fourth-order valence-corrected chi connectivity index (χ4v) is 0.988. The van der Waals surface area contributed by atoms with E-state index in [-0.39, 0.29) is 6.61 Å². The van der Waals surface area contributed by atoms with Gasteiger partial charge in [-0.05, 0) is 13.0 Å². The summed E-state index contributed by atoms with van der Waals surface area (Å²) in [7, 11) is 0. The summed E-state index contributed by atoms with van der Waals surface area (Å²) in [6.07, 6.45) is 0.712. The maximum atomic E-state index is 11.1. The molecule has 68 valence electrons. The average Bonchev–Trinajstić information content (AvgIpc) is 2.05. The first kappa shape index (κ1) is 9.22. The Labute approximate surface area is 70.8 Å². The van der Waals surface area contributed by atoms with Crippen molar-refractivity contribution in [3.05, 3.63) is 11.6 Å². The van der Waals surface area contributed by atoms with Gasteiger partial charge in [-0.3, -0.25) is 0 Å². The molecule has 0 aromatic carbocycles. The number of aliphatic hydroxyl groups is 1. The number of hydrogen-bond donors (Lipinski definition) is 1. The predicted octanol–water partition coefficient (Wildman–Crippen LogP) is -0.133. The van der Waals surface area contributed by atoms with Crippen LogP contribution in [0.3, 0.4) is 0 Å². The van der Waals surface area contributed by atoms with E-state index in [4.69, 9.17) is 9.47 Å². The zero-order valence-corrected chi connectivity index (χ0v) is 6.95. The molecule has 1 heterocycles. The van der Waals surface area contributed by atoms with Gasteiger partial charge in [0.2, 0.25) is 0 Å². The molecular formula is C8H12O4. The SMILES string of the molecule is CCOC(=O)C1=CCOC[C@@H]1O. The van der Waals surface area contributed by atoms with E-state index in [0.717, 1.165) is 0 Å². The fraction of sp³-hybridized carbons (Fsp3) is 0.625. The van der Waals surface area contributed by atoms with Gasteiger partial charge in [-0.15, -0.1) is 0 Å². The van der Waals surface area contributed by atoms with E-state index in [1.54, 1.807) is 13.0 Å². The first-order valence-electron chi connectivity index (χ1n) is 3.88. The number of rotatable bonds is 2. The first-order chi connectivity index (χ1) is 5.75. The standard InChI is InChI=1S/C8H12O4/c1-2-12-8(10)6-3-4-11-5-7(6)9/h3,7,9H,2,4-5H2,1H3/t7-/m0/s1. The van der Waals surface area contributed by atoms with Crippen molar-refractivity contribution in [3.8, 4) is 0 Å². The zero-order chi connectivity index (χ0) is 8.97. The van der Waals surface area contributed by atoms with Crippen LogP contribution < -0.4 is 0 Å². The number of aliphatic hydroxyl groups excluding tert-OH is 1. The number of carbonyl (C=O) groups excluding carboxylic acids is 1. The third kappa shape index (κ3) is 2.06. The highest BCUT2D eigenvalue weighted by Gasteiger charge is 2.22. The Kier molecular flexibility index (Phi) is 3.25. The number of carbonyl (C=O) groups is 1. The van der Waals surface area contributed by atoms with Crippen LogP contribution in [0.5, 0.6) is 0 Å². The Hall–Kier alpha value is -0.870. The zero-order valence-electron chi connectivity index (χ0n) is 6.95. The van der Waals surface area contributed by atoms with Gasteiger partial charge in [0.1, 0.15) is 6.10 Å². The summed E-state index contributed by atoms with van der Waals surface area (Å²) < 4.78 is 9.64. The number of ether oxygens (including phenoxy) is 2. The molecule has 1 atom stereocenters. The summed E-state index contributed by atoms with van der Waals surface area (Å²) >= 11 is 0. The van der Waals surface area contributed by atoms with Crippen LogP contribution in [0, 0.1) is 0 Å². The monoisotopic (exact) mass is 172 g/mol. The second-order valence-electron chi connectivity index (χ2n) is 2.43. The predicted molar refractivity (Wildman–Crippen MR) is 41.5 cm³/mol. The summed E-state index contributed by atoms with van der Waals surface area (Å²) in [4.78, 5) is 11.1. The van der Waals surface area contributed by atoms with Crippen molar-refractivity contribution in [2.75, 3.05) is 19.8 Å². The van der Waals surface area contributed by atoms with Crippen LogP contribution in [-0.4, -0.2) is 37.0 Å². The largest absolute Gasteiger partial charge is 0.463 e. The van der Waals surface area contributed by atoms with Gasteiger partial charge in [0.15, 0.2) is 0 Å². The van der Waals surface area contributed by atoms with Crippen LogP contribution in [0.4, 0.5) is 0 Å². The molecule has 1 N–H and O–H groups in total. The average molecular weight is 172 g/mol. The van der Waals surface area contributed by atoms with E-state index < -0.39 is 12.1 Å². The van der Waals surface area contributed by atoms with Crippen molar-refractivity contribution < 1.29 is 19.4 Å². The third-order valence-corrected chi connectivity index (χ3v) is 1.57. The third-order valence-electron chi connectivity index (χ3n) is 1.57. The normalized spacial score (nSPS) is 23.2. The van der Waals surface area contributed by atoms with E-state index in [2.05, 4.69) is 0 Å². The minimum atomic E-state index is -0.835. The van der Waals surface area contributed by atoms with Crippen molar-refractivity contribution in [2.45, 2.75) is 13.0 Å². The summed E-state index contributed by atoms with van der Waals surface area (Å²) in [5, 5.41) is 9.27. The number of hydrogen-bond acceptors (Lipinski definition) is 4. The topological polar surface area (TPSA) is 55.8 Å². The molecule has 0 aromatic rings. The van der Waals surface area contributed by atoms with Crippen LogP contribution in [0.25, 0.3) is 0 Å². The molecule has 0 unspecified atom stereocenters. The van der Waals surface area contributed by atoms with E-state index in [9.17, 15) is 9.90 Å². The molecule has 0 fully saturated rings. The van der Waals surface area contributed by atoms with Crippen LogP contribution in [0.15, 0.2) is 11.6 Å². The van der Waals surface area contributed by atoms with Crippen LogP contribution in [-0.2, 0) is 14.3 Å². The van der Waals surface area contributed by atoms with Crippen molar-refractivity contribution in [3.63, 3.8) is 0 Å². The molecule has 0 aliphatic carbocycles. The molecule has 0 saturated carbocycles. The summed E-state index contributed by atoms with van der Waals surface area (Å²) in [5.41, 5.74) is 0.308. The molecule has 1 aliphatic heterocycles. The quantitative estimate of drug-likeness (QED) is 0.589. The fourth-order valence-electron chi connectivity index (χ4n) is 0.988. The highest BCUT2D eigenvalue weighted by molar-refractivity contribution is 5.89. The highest BCUT2D eigenvalue weighted by Crippen LogP contribution is 2.10. The van der Waals surface area contributed by atoms with Gasteiger partial charge in [-0.1, -0.05) is 0 Å². The lowest BCUT2D eigenvalue weighted by Gasteiger charge is -2.17. The minimum absolute atomic E-state index is 0.171. The van der Waals surface area contributed by atoms with Crippen molar-refractivity contribution in [1.82, 2.24) is 0 Å². The molecule has 0 saturated heterocycles. The maximum Gasteiger partial charge on any atom is 0.336 e. The van der Waals surface area contributed by atoms with Crippen LogP contribution in [0.1, 0.15) is 6.92 Å². The second-order valence-corrected chi connectivity index (χ2v) is 2.43. The lowest BCUT2D eigenvalue weighted by Crippen LogP contribution is -2.28. The Bertz CT molecular complexity index is 197. The molecule has 4 nitrogen and oxygen atoms in total. The molecule has 0 bridgehead atoms. The van der Waals surface area contributed by atoms with E-state index >= 15 is 0 Å². The molecule has 1 aliphatic rings. The van der Waals surface area contributed by atoms with Crippen molar-refractivity contribution in [2.24, 2.45) is 0 Å². The van der Waals surface area contributed by atoms with Crippen LogP contribution in [0.2, 0.25) is 0 Å². The van der Waals surface area contributed by atoms with E-state index in [0.29, 0.717) is 18.8 Å². The summed E-state index contributed by atoms with van der Waals surface area (Å²) in [6.45, 7) is 2.59. The summed E-state index contributed by atoms with van der Waals surface area (Å²) in [6, 6.07) is 0. The maximum absolute atomic E-state index is 11.1. The van der Waals surface area contributed by atoms with Crippen LogP contribution >= 0.6 is 0 Å². The molecule has 4 heteroatoms. The Morgan fingerprint density at radius 1 is 1.92 bits per heavy atom. The van der Waals surface area contributed by atoms with Gasteiger partial charge in [-0.2, -0.15) is 0 Å². The highest BCUT2D eigenvalue weighted by atomic mass is 16.5. The van der Waals surface area contributed by atoms with E-state index in [1.165, 1.54) is 0 Å². The second kappa shape index (κ2) is 4.23. The van der Waals surface area contributed by atoms with Gasteiger partial charge in [-0.25, -0.2) is 4.79 Å². The Morgan fingerprint density at radius 3 is 3.25 bits per heavy atom. The smallest absolute Gasteiger partial charge is 0.336 e. The van der Waals surface area contributed by atoms with Gasteiger partial charge in [0.05, 0.1) is 25.4 Å². The lowest BCUT2D eigenvalue weighted by molar-refractivity contribution is -0.140. The van der Waals surface area contributed by atoms with Gasteiger partial charge in [0, 0.05) is 0 Å². The van der Waals surface area contributed by atoms with Gasteiger partial charge >= 0.3 is 5.97 Å². The molecular weight excluding hydrogens is 160 g/mol. The lowest BCUT2D eigenvalue weighted by atomic mass is 10.1. The first-order valence-corrected chi connectivity index (χ1v) is 3.88. The van der Waals surface area contributed by atoms with Crippen molar-refractivity contribution in [1.29, 1.82) is 0 Å². The van der Waals surface area contributed by atoms with Crippen molar-refractivity contribution >= 4 is 5.97 Å². The molecule has 1 rings (SSSR count). The minimum Gasteiger partial charge on any atom is -0.463 e. The molecule has 0 spiro atoms. The molecule has 0 radical (unpaired) electrons. The van der Waals surface area contributed by atoms with E-state index in [1.807, 2.05) is 0 Å². The molecule has 0 amide bonds. The number of esters is 1. The van der Waals surface area contributed by atoms with Gasteiger partial charge < -0.3 is 14.6 Å². The molecule has 0 aromatic heterocycles. The summed E-state index contributed by atoms with van der Waals surface area (Å²) in [5.74, 6) is -0.451.